The topological polar surface area (TPSA) is 29.5 Å². The van der Waals surface area contributed by atoms with Crippen molar-refractivity contribution < 1.29 is 9.53 Å². The van der Waals surface area contributed by atoms with Gasteiger partial charge in [-0.25, -0.2) is 0 Å². The van der Waals surface area contributed by atoms with Crippen LogP contribution in [0, 0.1) is 0 Å². The molecule has 0 aromatic heterocycles. The summed E-state index contributed by atoms with van der Waals surface area (Å²) < 4.78 is 6.54. The van der Waals surface area contributed by atoms with E-state index in [-0.39, 0.29) is 12.5 Å². The van der Waals surface area contributed by atoms with Crippen molar-refractivity contribution >= 4 is 21.8 Å². The Morgan fingerprint density at radius 3 is 2.94 bits per heavy atom. The van der Waals surface area contributed by atoms with Gasteiger partial charge in [0.1, 0.15) is 5.75 Å². The van der Waals surface area contributed by atoms with Crippen LogP contribution in [-0.4, -0.2) is 23.5 Å². The predicted molar refractivity (Wildman–Crippen MR) is 63.2 cm³/mol. The van der Waals surface area contributed by atoms with Gasteiger partial charge in [0, 0.05) is 22.6 Å². The third-order valence-corrected chi connectivity index (χ3v) is 3.52. The second kappa shape index (κ2) is 3.77. The van der Waals surface area contributed by atoms with Gasteiger partial charge in [0.2, 0.25) is 0 Å². The van der Waals surface area contributed by atoms with Gasteiger partial charge < -0.3 is 9.64 Å². The summed E-state index contributed by atoms with van der Waals surface area (Å²) in [6, 6.07) is 6.34. The van der Waals surface area contributed by atoms with Crippen LogP contribution in [0.2, 0.25) is 0 Å². The maximum Gasteiger partial charge on any atom is 0.261 e. The van der Waals surface area contributed by atoms with Crippen molar-refractivity contribution in [3.63, 3.8) is 0 Å². The van der Waals surface area contributed by atoms with Gasteiger partial charge >= 0.3 is 0 Å². The van der Waals surface area contributed by atoms with E-state index in [0.29, 0.717) is 12.6 Å². The Labute approximate surface area is 103 Å². The van der Waals surface area contributed by atoms with Crippen LogP contribution in [0.5, 0.6) is 5.75 Å². The average Bonchev–Trinajstić information content (AvgIpc) is 3.06. The number of rotatable bonds is 1. The highest BCUT2D eigenvalue weighted by Gasteiger charge is 2.34. The Morgan fingerprint density at radius 2 is 2.19 bits per heavy atom. The second-order valence-electron chi connectivity index (χ2n) is 4.29. The van der Waals surface area contributed by atoms with Crippen LogP contribution < -0.4 is 4.74 Å². The zero-order chi connectivity index (χ0) is 11.1. The molecule has 1 aromatic carbocycles. The lowest BCUT2D eigenvalue weighted by molar-refractivity contribution is -0.133. The molecule has 1 aliphatic heterocycles. The number of ether oxygens (including phenoxy) is 1. The van der Waals surface area contributed by atoms with Crippen molar-refractivity contribution in [2.45, 2.75) is 25.4 Å². The highest BCUT2D eigenvalue weighted by atomic mass is 79.9. The Balaban J connectivity index is 1.94. The number of nitrogens with zero attached hydrogens (tertiary/aromatic N) is 1. The number of hydrogen-bond acceptors (Lipinski definition) is 2. The molecule has 0 bridgehead atoms. The van der Waals surface area contributed by atoms with Crippen molar-refractivity contribution in [1.82, 2.24) is 4.90 Å². The van der Waals surface area contributed by atoms with Gasteiger partial charge in [-0.15, -0.1) is 0 Å². The minimum Gasteiger partial charge on any atom is -0.483 e. The van der Waals surface area contributed by atoms with Crippen molar-refractivity contribution in [3.05, 3.63) is 28.2 Å². The monoisotopic (exact) mass is 281 g/mol. The standard InChI is InChI=1S/C12H12BrNO2/c13-9-1-4-11-8(5-9)6-14(10-2-3-10)12(15)7-16-11/h1,4-5,10H,2-3,6-7H2. The van der Waals surface area contributed by atoms with E-state index in [1.54, 1.807) is 0 Å². The third-order valence-electron chi connectivity index (χ3n) is 3.02. The lowest BCUT2D eigenvalue weighted by Crippen LogP contribution is -2.34. The molecule has 0 saturated heterocycles. The first-order valence-corrected chi connectivity index (χ1v) is 6.24. The summed E-state index contributed by atoms with van der Waals surface area (Å²) in [5.41, 5.74) is 1.09. The lowest BCUT2D eigenvalue weighted by atomic mass is 10.2. The molecule has 16 heavy (non-hydrogen) atoms. The first-order valence-electron chi connectivity index (χ1n) is 5.45. The van der Waals surface area contributed by atoms with Crippen LogP contribution in [0.25, 0.3) is 0 Å². The van der Waals surface area contributed by atoms with Gasteiger partial charge in [0.15, 0.2) is 6.61 Å². The van der Waals surface area contributed by atoms with Crippen molar-refractivity contribution in [2.75, 3.05) is 6.61 Å². The van der Waals surface area contributed by atoms with E-state index in [9.17, 15) is 4.79 Å². The molecule has 3 rings (SSSR count). The van der Waals surface area contributed by atoms with E-state index < -0.39 is 0 Å². The molecule has 1 aliphatic carbocycles. The summed E-state index contributed by atoms with van der Waals surface area (Å²) in [6.45, 7) is 0.851. The lowest BCUT2D eigenvalue weighted by Gasteiger charge is -2.19. The minimum absolute atomic E-state index is 0.106. The molecular weight excluding hydrogens is 270 g/mol. The molecule has 1 amide bonds. The van der Waals surface area contributed by atoms with E-state index in [1.165, 1.54) is 0 Å². The Bertz CT molecular complexity index is 443. The molecule has 2 aliphatic rings. The first kappa shape index (κ1) is 10.1. The van der Waals surface area contributed by atoms with Crippen molar-refractivity contribution in [2.24, 2.45) is 0 Å². The second-order valence-corrected chi connectivity index (χ2v) is 5.21. The minimum atomic E-state index is 0.106. The molecule has 3 nitrogen and oxygen atoms in total. The van der Waals surface area contributed by atoms with Gasteiger partial charge in [-0.1, -0.05) is 15.9 Å². The molecule has 1 heterocycles. The van der Waals surface area contributed by atoms with Gasteiger partial charge in [0.25, 0.3) is 5.91 Å². The zero-order valence-electron chi connectivity index (χ0n) is 8.78. The Hall–Kier alpha value is -1.03. The molecule has 1 fully saturated rings. The molecule has 0 N–H and O–H groups in total. The Morgan fingerprint density at radius 1 is 1.38 bits per heavy atom. The largest absolute Gasteiger partial charge is 0.483 e. The van der Waals surface area contributed by atoms with Crippen LogP contribution in [0.15, 0.2) is 22.7 Å². The summed E-state index contributed by atoms with van der Waals surface area (Å²) in [5.74, 6) is 0.939. The summed E-state index contributed by atoms with van der Waals surface area (Å²) in [6.07, 6.45) is 2.27. The van der Waals surface area contributed by atoms with Crippen LogP contribution in [0.3, 0.4) is 0 Å². The quantitative estimate of drug-likeness (QED) is 0.791. The number of benzene rings is 1. The summed E-state index contributed by atoms with van der Waals surface area (Å²) in [7, 11) is 0. The van der Waals surface area contributed by atoms with E-state index in [0.717, 1.165) is 28.6 Å². The molecule has 1 aromatic rings. The molecule has 0 spiro atoms. The van der Waals surface area contributed by atoms with Gasteiger partial charge in [-0.05, 0) is 31.0 Å². The highest BCUT2D eigenvalue weighted by Crippen LogP contribution is 2.33. The van der Waals surface area contributed by atoms with Gasteiger partial charge in [0.05, 0.1) is 0 Å². The first-order chi connectivity index (χ1) is 7.74. The average molecular weight is 282 g/mol. The van der Waals surface area contributed by atoms with Crippen LogP contribution in [0.1, 0.15) is 18.4 Å². The van der Waals surface area contributed by atoms with Crippen molar-refractivity contribution in [3.8, 4) is 5.75 Å². The van der Waals surface area contributed by atoms with E-state index in [4.69, 9.17) is 4.74 Å². The van der Waals surface area contributed by atoms with Crippen LogP contribution in [-0.2, 0) is 11.3 Å². The molecule has 0 atom stereocenters. The molecule has 0 unspecified atom stereocenters. The maximum absolute atomic E-state index is 11.8. The van der Waals surface area contributed by atoms with Crippen LogP contribution in [0.4, 0.5) is 0 Å². The smallest absolute Gasteiger partial charge is 0.261 e. The fourth-order valence-corrected chi connectivity index (χ4v) is 2.43. The van der Waals surface area contributed by atoms with E-state index >= 15 is 0 Å². The number of fused-ring (bicyclic) bond motifs is 1. The Kier molecular flexibility index (Phi) is 2.39. The van der Waals surface area contributed by atoms with E-state index in [1.807, 2.05) is 23.1 Å². The normalized spacial score (nSPS) is 20.1. The summed E-state index contributed by atoms with van der Waals surface area (Å²) in [4.78, 5) is 13.8. The zero-order valence-corrected chi connectivity index (χ0v) is 10.4. The van der Waals surface area contributed by atoms with Gasteiger partial charge in [-0.3, -0.25) is 4.79 Å². The molecule has 84 valence electrons. The predicted octanol–water partition coefficient (Wildman–Crippen LogP) is 2.33. The molecular formula is C12H12BrNO2. The fourth-order valence-electron chi connectivity index (χ4n) is 2.03. The fraction of sp³-hybridized carbons (Fsp3) is 0.417. The van der Waals surface area contributed by atoms with Crippen LogP contribution >= 0.6 is 15.9 Å². The van der Waals surface area contributed by atoms with Crippen molar-refractivity contribution in [1.29, 1.82) is 0 Å². The van der Waals surface area contributed by atoms with Gasteiger partial charge in [-0.2, -0.15) is 0 Å². The highest BCUT2D eigenvalue weighted by molar-refractivity contribution is 9.10. The molecule has 1 saturated carbocycles. The number of carbonyl (C=O) groups excluding carboxylic acids is 1. The molecule has 0 radical (unpaired) electrons. The van der Waals surface area contributed by atoms with E-state index in [2.05, 4.69) is 15.9 Å². The summed E-state index contributed by atoms with van der Waals surface area (Å²) >= 11 is 3.44. The third kappa shape index (κ3) is 1.82. The number of carbonyl (C=O) groups is 1. The number of hydrogen-bond donors (Lipinski definition) is 0. The number of amides is 1. The summed E-state index contributed by atoms with van der Waals surface area (Å²) in [5, 5.41) is 0. The SMILES string of the molecule is O=C1COc2ccc(Br)cc2CN1C1CC1. The molecule has 4 heteroatoms. The number of halogens is 1. The maximum atomic E-state index is 11.8.